The summed E-state index contributed by atoms with van der Waals surface area (Å²) in [5.74, 6) is -0.239. The van der Waals surface area contributed by atoms with Gasteiger partial charge in [-0.2, -0.15) is 0 Å². The van der Waals surface area contributed by atoms with E-state index < -0.39 is 17.5 Å². The lowest BCUT2D eigenvalue weighted by Gasteiger charge is -2.24. The summed E-state index contributed by atoms with van der Waals surface area (Å²) in [5.41, 5.74) is -1.27. The van der Waals surface area contributed by atoms with Gasteiger partial charge in [-0.05, 0) is 11.8 Å². The molecule has 0 aromatic heterocycles. The highest BCUT2D eigenvalue weighted by Crippen LogP contribution is 2.18. The summed E-state index contributed by atoms with van der Waals surface area (Å²) in [7, 11) is 0. The molecule has 0 radical (unpaired) electrons. The second-order valence-corrected chi connectivity index (χ2v) is 5.25. The SMILES string of the molecule is CC(C)C(C)CNC(=O)NC1(C(=O)O)CCOC1. The Labute approximate surface area is 107 Å². The van der Waals surface area contributed by atoms with Gasteiger partial charge >= 0.3 is 12.0 Å². The maximum atomic E-state index is 11.7. The van der Waals surface area contributed by atoms with Gasteiger partial charge < -0.3 is 20.5 Å². The van der Waals surface area contributed by atoms with Crippen molar-refractivity contribution in [1.82, 2.24) is 10.6 Å². The van der Waals surface area contributed by atoms with E-state index in [2.05, 4.69) is 24.5 Å². The van der Waals surface area contributed by atoms with Crippen LogP contribution in [0.5, 0.6) is 0 Å². The van der Waals surface area contributed by atoms with Gasteiger partial charge in [-0.3, -0.25) is 0 Å². The summed E-state index contributed by atoms with van der Waals surface area (Å²) < 4.78 is 5.06. The van der Waals surface area contributed by atoms with Crippen molar-refractivity contribution in [2.75, 3.05) is 19.8 Å². The zero-order valence-corrected chi connectivity index (χ0v) is 11.2. The molecule has 104 valence electrons. The predicted octanol–water partition coefficient (Wildman–Crippen LogP) is 0.821. The summed E-state index contributed by atoms with van der Waals surface area (Å²) in [6.45, 7) is 7.10. The highest BCUT2D eigenvalue weighted by molar-refractivity contribution is 5.86. The fourth-order valence-electron chi connectivity index (χ4n) is 1.64. The Morgan fingerprint density at radius 2 is 2.06 bits per heavy atom. The molecule has 18 heavy (non-hydrogen) atoms. The molecule has 1 heterocycles. The van der Waals surface area contributed by atoms with Crippen molar-refractivity contribution in [3.8, 4) is 0 Å². The fraction of sp³-hybridized carbons (Fsp3) is 0.833. The van der Waals surface area contributed by atoms with Gasteiger partial charge in [0, 0.05) is 19.6 Å². The fourth-order valence-corrected chi connectivity index (χ4v) is 1.64. The zero-order chi connectivity index (χ0) is 13.8. The Kier molecular flexibility index (Phi) is 4.95. The number of nitrogens with one attached hydrogen (secondary N) is 2. The molecule has 2 amide bonds. The monoisotopic (exact) mass is 258 g/mol. The van der Waals surface area contributed by atoms with Gasteiger partial charge in [0.1, 0.15) is 0 Å². The normalized spacial score (nSPS) is 24.9. The Morgan fingerprint density at radius 3 is 2.50 bits per heavy atom. The molecule has 0 aromatic carbocycles. The van der Waals surface area contributed by atoms with Crippen LogP contribution in [0.3, 0.4) is 0 Å². The first-order valence-corrected chi connectivity index (χ1v) is 6.24. The van der Waals surface area contributed by atoms with Gasteiger partial charge in [0.2, 0.25) is 0 Å². The summed E-state index contributed by atoms with van der Waals surface area (Å²) in [6.07, 6.45) is 0.301. The number of ether oxygens (including phenoxy) is 1. The number of carboxylic acids is 1. The molecule has 2 atom stereocenters. The van der Waals surface area contributed by atoms with Gasteiger partial charge in [-0.25, -0.2) is 9.59 Å². The maximum absolute atomic E-state index is 11.7. The average molecular weight is 258 g/mol. The Bertz CT molecular complexity index is 311. The molecule has 6 nitrogen and oxygen atoms in total. The lowest BCUT2D eigenvalue weighted by molar-refractivity contribution is -0.144. The predicted molar refractivity (Wildman–Crippen MR) is 66.3 cm³/mol. The Morgan fingerprint density at radius 1 is 1.39 bits per heavy atom. The third-order valence-corrected chi connectivity index (χ3v) is 3.51. The molecule has 0 aliphatic carbocycles. The topological polar surface area (TPSA) is 87.7 Å². The van der Waals surface area contributed by atoms with E-state index in [-0.39, 0.29) is 6.61 Å². The van der Waals surface area contributed by atoms with Crippen LogP contribution < -0.4 is 10.6 Å². The molecule has 0 bridgehead atoms. The molecular formula is C12H22N2O4. The standard InChI is InChI=1S/C12H22N2O4/c1-8(2)9(3)6-13-11(17)14-12(10(15)16)4-5-18-7-12/h8-9H,4-7H2,1-3H3,(H,15,16)(H2,13,14,17). The molecule has 0 aromatic rings. The van der Waals surface area contributed by atoms with E-state index in [1.165, 1.54) is 0 Å². The van der Waals surface area contributed by atoms with Crippen molar-refractivity contribution in [2.45, 2.75) is 32.7 Å². The number of carbonyl (C=O) groups is 2. The molecule has 6 heteroatoms. The van der Waals surface area contributed by atoms with Crippen molar-refractivity contribution in [1.29, 1.82) is 0 Å². The van der Waals surface area contributed by atoms with E-state index in [1.54, 1.807) is 0 Å². The average Bonchev–Trinajstić information content (AvgIpc) is 2.75. The smallest absolute Gasteiger partial charge is 0.332 e. The molecule has 1 fully saturated rings. The minimum Gasteiger partial charge on any atom is -0.479 e. The molecule has 1 aliphatic heterocycles. The van der Waals surface area contributed by atoms with Crippen LogP contribution >= 0.6 is 0 Å². The number of urea groups is 1. The first kappa shape index (κ1) is 14.8. The zero-order valence-electron chi connectivity index (χ0n) is 11.2. The molecule has 1 rings (SSSR count). The van der Waals surface area contributed by atoms with Crippen LogP contribution in [0.1, 0.15) is 27.2 Å². The molecule has 0 spiro atoms. The van der Waals surface area contributed by atoms with Gasteiger partial charge in [0.15, 0.2) is 5.54 Å². The number of carboxylic acid groups (broad SMARTS) is 1. The summed E-state index contributed by atoms with van der Waals surface area (Å²) >= 11 is 0. The van der Waals surface area contributed by atoms with E-state index in [0.717, 1.165) is 0 Å². The van der Waals surface area contributed by atoms with E-state index in [1.807, 2.05) is 6.92 Å². The number of hydrogen-bond donors (Lipinski definition) is 3. The van der Waals surface area contributed by atoms with Gasteiger partial charge in [0.05, 0.1) is 6.61 Å². The van der Waals surface area contributed by atoms with E-state index in [9.17, 15) is 9.59 Å². The van der Waals surface area contributed by atoms with E-state index >= 15 is 0 Å². The largest absolute Gasteiger partial charge is 0.479 e. The van der Waals surface area contributed by atoms with Crippen molar-refractivity contribution in [2.24, 2.45) is 11.8 Å². The summed E-state index contributed by atoms with van der Waals surface area (Å²) in [6, 6.07) is -0.449. The van der Waals surface area contributed by atoms with Gasteiger partial charge in [-0.15, -0.1) is 0 Å². The lowest BCUT2D eigenvalue weighted by Crippen LogP contribution is -2.58. The van der Waals surface area contributed by atoms with Crippen LogP contribution in [0.4, 0.5) is 4.79 Å². The number of aliphatic carboxylic acids is 1. The number of amides is 2. The first-order chi connectivity index (χ1) is 8.37. The van der Waals surface area contributed by atoms with Crippen LogP contribution in [0, 0.1) is 11.8 Å². The van der Waals surface area contributed by atoms with Crippen molar-refractivity contribution in [3.05, 3.63) is 0 Å². The molecule has 2 unspecified atom stereocenters. The van der Waals surface area contributed by atoms with Gasteiger partial charge in [-0.1, -0.05) is 20.8 Å². The first-order valence-electron chi connectivity index (χ1n) is 6.24. The number of hydrogen-bond acceptors (Lipinski definition) is 3. The highest BCUT2D eigenvalue weighted by atomic mass is 16.5. The minimum absolute atomic E-state index is 0.0233. The van der Waals surface area contributed by atoms with Gasteiger partial charge in [0.25, 0.3) is 0 Å². The molecular weight excluding hydrogens is 236 g/mol. The minimum atomic E-state index is -1.27. The highest BCUT2D eigenvalue weighted by Gasteiger charge is 2.43. The second kappa shape index (κ2) is 6.04. The molecule has 1 saturated heterocycles. The molecule has 3 N–H and O–H groups in total. The summed E-state index contributed by atoms with van der Waals surface area (Å²) in [5, 5.41) is 14.4. The Hall–Kier alpha value is -1.30. The lowest BCUT2D eigenvalue weighted by atomic mass is 9.98. The third-order valence-electron chi connectivity index (χ3n) is 3.51. The van der Waals surface area contributed by atoms with Crippen molar-refractivity contribution >= 4 is 12.0 Å². The summed E-state index contributed by atoms with van der Waals surface area (Å²) in [4.78, 5) is 22.9. The quantitative estimate of drug-likeness (QED) is 0.681. The van der Waals surface area contributed by atoms with Crippen molar-refractivity contribution in [3.63, 3.8) is 0 Å². The van der Waals surface area contributed by atoms with E-state index in [4.69, 9.17) is 9.84 Å². The Balaban J connectivity index is 2.46. The van der Waals surface area contributed by atoms with E-state index in [0.29, 0.717) is 31.4 Å². The van der Waals surface area contributed by atoms with Crippen LogP contribution in [0.2, 0.25) is 0 Å². The van der Waals surface area contributed by atoms with Crippen molar-refractivity contribution < 1.29 is 19.4 Å². The maximum Gasteiger partial charge on any atom is 0.332 e. The third kappa shape index (κ3) is 3.60. The molecule has 1 aliphatic rings. The van der Waals surface area contributed by atoms with Crippen LogP contribution in [-0.2, 0) is 9.53 Å². The number of rotatable bonds is 5. The molecule has 0 saturated carbocycles. The van der Waals surface area contributed by atoms with Crippen LogP contribution in [-0.4, -0.2) is 42.4 Å². The second-order valence-electron chi connectivity index (χ2n) is 5.25. The van der Waals surface area contributed by atoms with Crippen LogP contribution in [0.15, 0.2) is 0 Å². The number of carbonyl (C=O) groups excluding carboxylic acids is 1. The van der Waals surface area contributed by atoms with Crippen LogP contribution in [0.25, 0.3) is 0 Å².